The van der Waals surface area contributed by atoms with E-state index in [1.165, 1.54) is 0 Å². The largest absolute Gasteiger partial charge is 0.320 e. The molecule has 25 heavy (non-hydrogen) atoms. The lowest BCUT2D eigenvalue weighted by atomic mass is 10.2. The fourth-order valence-electron chi connectivity index (χ4n) is 2.95. The number of fused-ring (bicyclic) bond motifs is 2. The summed E-state index contributed by atoms with van der Waals surface area (Å²) >= 11 is 0. The van der Waals surface area contributed by atoms with Crippen LogP contribution >= 0.6 is 0 Å². The number of carbonyl (C=O) groups is 1. The molecule has 0 aliphatic heterocycles. The molecule has 4 rings (SSSR count). The number of rotatable bonds is 3. The Hall–Kier alpha value is -3.22. The summed E-state index contributed by atoms with van der Waals surface area (Å²) in [7, 11) is 1.85. The summed E-state index contributed by atoms with van der Waals surface area (Å²) in [6, 6.07) is 7.75. The summed E-state index contributed by atoms with van der Waals surface area (Å²) in [6.07, 6.45) is 5.11. The number of nitrogens with one attached hydrogen (secondary N) is 1. The minimum absolute atomic E-state index is 0.220. The normalized spacial score (nSPS) is 11.5. The van der Waals surface area contributed by atoms with E-state index in [1.807, 2.05) is 29.8 Å². The van der Waals surface area contributed by atoms with Crippen molar-refractivity contribution in [2.24, 2.45) is 7.05 Å². The highest BCUT2D eigenvalue weighted by molar-refractivity contribution is 6.09. The van der Waals surface area contributed by atoms with Crippen molar-refractivity contribution in [2.75, 3.05) is 5.32 Å². The lowest BCUT2D eigenvalue weighted by Crippen LogP contribution is -2.13. The molecule has 0 atom stereocenters. The fraction of sp³-hybridized carbons (Fsp3) is 0.222. The van der Waals surface area contributed by atoms with E-state index in [9.17, 15) is 4.79 Å². The zero-order valence-corrected chi connectivity index (χ0v) is 14.3. The monoisotopic (exact) mass is 334 g/mol. The number of carbonyl (C=O) groups excluding carboxylic acids is 1. The van der Waals surface area contributed by atoms with Crippen LogP contribution in [0.1, 0.15) is 30.2 Å². The molecule has 7 heteroatoms. The molecule has 4 aromatic rings. The first kappa shape index (κ1) is 15.3. The number of nitrogens with zero attached hydrogens (tertiary/aromatic N) is 5. The van der Waals surface area contributed by atoms with Crippen LogP contribution in [0, 0.1) is 0 Å². The van der Waals surface area contributed by atoms with Gasteiger partial charge < -0.3 is 9.88 Å². The maximum atomic E-state index is 12.7. The molecule has 126 valence electrons. The molecule has 0 radical (unpaired) electrons. The second-order valence-corrected chi connectivity index (χ2v) is 6.28. The van der Waals surface area contributed by atoms with Crippen molar-refractivity contribution in [3.63, 3.8) is 0 Å². The molecule has 0 unspecified atom stereocenters. The number of benzene rings is 1. The van der Waals surface area contributed by atoms with Crippen molar-refractivity contribution in [1.29, 1.82) is 0 Å². The fourth-order valence-corrected chi connectivity index (χ4v) is 2.95. The molecule has 1 aromatic carbocycles. The van der Waals surface area contributed by atoms with E-state index in [4.69, 9.17) is 0 Å². The van der Waals surface area contributed by atoms with Gasteiger partial charge in [-0.25, -0.2) is 9.97 Å². The smallest absolute Gasteiger partial charge is 0.257 e. The Morgan fingerprint density at radius 2 is 2.04 bits per heavy atom. The van der Waals surface area contributed by atoms with Gasteiger partial charge in [0.15, 0.2) is 5.65 Å². The van der Waals surface area contributed by atoms with Crippen LogP contribution in [-0.2, 0) is 7.05 Å². The third-order valence-electron chi connectivity index (χ3n) is 4.24. The average Bonchev–Trinajstić information content (AvgIpc) is 3.18. The van der Waals surface area contributed by atoms with Gasteiger partial charge in [0.05, 0.1) is 29.3 Å². The summed E-state index contributed by atoms with van der Waals surface area (Å²) in [6.45, 7) is 4.13. The van der Waals surface area contributed by atoms with Crippen molar-refractivity contribution in [1.82, 2.24) is 24.3 Å². The van der Waals surface area contributed by atoms with Crippen molar-refractivity contribution in [2.45, 2.75) is 19.9 Å². The molecule has 0 spiro atoms. The van der Waals surface area contributed by atoms with E-state index in [2.05, 4.69) is 34.2 Å². The summed E-state index contributed by atoms with van der Waals surface area (Å²) in [4.78, 5) is 21.4. The number of aromatic nitrogens is 5. The van der Waals surface area contributed by atoms with Crippen LogP contribution < -0.4 is 5.32 Å². The van der Waals surface area contributed by atoms with Gasteiger partial charge in [-0.05, 0) is 26.0 Å². The van der Waals surface area contributed by atoms with E-state index in [0.717, 1.165) is 22.2 Å². The number of amides is 1. The molecule has 0 bridgehead atoms. The molecule has 7 nitrogen and oxygen atoms in total. The van der Waals surface area contributed by atoms with E-state index in [-0.39, 0.29) is 11.9 Å². The van der Waals surface area contributed by atoms with Gasteiger partial charge in [0.25, 0.3) is 5.91 Å². The van der Waals surface area contributed by atoms with Gasteiger partial charge in [-0.3, -0.25) is 9.48 Å². The molecule has 1 N–H and O–H groups in total. The first-order valence-corrected chi connectivity index (χ1v) is 8.09. The van der Waals surface area contributed by atoms with Gasteiger partial charge in [-0.15, -0.1) is 0 Å². The molecule has 3 aromatic heterocycles. The molecule has 0 fully saturated rings. The number of para-hydroxylation sites is 1. The first-order chi connectivity index (χ1) is 12.0. The molecular weight excluding hydrogens is 316 g/mol. The third-order valence-corrected chi connectivity index (χ3v) is 4.24. The lowest BCUT2D eigenvalue weighted by Gasteiger charge is -2.09. The van der Waals surface area contributed by atoms with Gasteiger partial charge in [0.2, 0.25) is 0 Å². The topological polar surface area (TPSA) is 77.6 Å². The maximum Gasteiger partial charge on any atom is 0.257 e. The quantitative estimate of drug-likeness (QED) is 0.624. The summed E-state index contributed by atoms with van der Waals surface area (Å²) in [5.41, 5.74) is 3.56. The van der Waals surface area contributed by atoms with Crippen LogP contribution in [-0.4, -0.2) is 30.2 Å². The highest BCUT2D eigenvalue weighted by atomic mass is 16.1. The van der Waals surface area contributed by atoms with Crippen molar-refractivity contribution < 1.29 is 4.79 Å². The standard InChI is InChI=1S/C18H18N6O/c1-11(2)24-10-20-15-7-13(8-19-17(15)24)18(25)22-14-6-4-5-12-9-21-23(3)16(12)14/h4-11H,1-3H3,(H,22,25). The van der Waals surface area contributed by atoms with Crippen LogP contribution in [0.15, 0.2) is 43.0 Å². The number of pyridine rings is 1. The van der Waals surface area contributed by atoms with Crippen LogP contribution in [0.25, 0.3) is 22.1 Å². The molecule has 0 saturated heterocycles. The Labute approximate surface area is 144 Å². The Bertz CT molecular complexity index is 1090. The van der Waals surface area contributed by atoms with Crippen molar-refractivity contribution in [3.05, 3.63) is 48.5 Å². The predicted molar refractivity (Wildman–Crippen MR) is 96.6 cm³/mol. The molecular formula is C18H18N6O. The Morgan fingerprint density at radius 3 is 2.84 bits per heavy atom. The van der Waals surface area contributed by atoms with Crippen LogP contribution in [0.3, 0.4) is 0 Å². The first-order valence-electron chi connectivity index (χ1n) is 8.09. The minimum atomic E-state index is -0.220. The Kier molecular flexibility index (Phi) is 3.49. The molecule has 0 aliphatic rings. The average molecular weight is 334 g/mol. The lowest BCUT2D eigenvalue weighted by molar-refractivity contribution is 0.102. The number of hydrogen-bond donors (Lipinski definition) is 1. The molecule has 3 heterocycles. The summed E-state index contributed by atoms with van der Waals surface area (Å²) in [5, 5.41) is 8.16. The zero-order valence-electron chi connectivity index (χ0n) is 14.3. The number of hydrogen-bond acceptors (Lipinski definition) is 4. The van der Waals surface area contributed by atoms with E-state index in [0.29, 0.717) is 11.1 Å². The van der Waals surface area contributed by atoms with Crippen molar-refractivity contribution in [3.8, 4) is 0 Å². The van der Waals surface area contributed by atoms with E-state index in [1.54, 1.807) is 29.5 Å². The van der Waals surface area contributed by atoms with Gasteiger partial charge in [-0.1, -0.05) is 12.1 Å². The third kappa shape index (κ3) is 2.53. The molecule has 1 amide bonds. The number of aryl methyl sites for hydroxylation is 1. The van der Waals surface area contributed by atoms with Crippen LogP contribution in [0.4, 0.5) is 5.69 Å². The van der Waals surface area contributed by atoms with Gasteiger partial charge in [0.1, 0.15) is 5.52 Å². The zero-order chi connectivity index (χ0) is 17.6. The van der Waals surface area contributed by atoms with E-state index >= 15 is 0 Å². The molecule has 0 aliphatic carbocycles. The summed E-state index contributed by atoms with van der Waals surface area (Å²) in [5.74, 6) is -0.220. The summed E-state index contributed by atoms with van der Waals surface area (Å²) < 4.78 is 3.73. The Morgan fingerprint density at radius 1 is 1.20 bits per heavy atom. The van der Waals surface area contributed by atoms with Crippen LogP contribution in [0.2, 0.25) is 0 Å². The second kappa shape index (κ2) is 5.70. The SMILES string of the molecule is CC(C)n1cnc2cc(C(=O)Nc3cccc4cnn(C)c34)cnc21. The number of imidazole rings is 1. The minimum Gasteiger partial charge on any atom is -0.320 e. The second-order valence-electron chi connectivity index (χ2n) is 6.28. The highest BCUT2D eigenvalue weighted by Crippen LogP contribution is 2.23. The predicted octanol–water partition coefficient (Wildman–Crippen LogP) is 3.15. The Balaban J connectivity index is 1.69. The van der Waals surface area contributed by atoms with E-state index < -0.39 is 0 Å². The van der Waals surface area contributed by atoms with Gasteiger partial charge >= 0.3 is 0 Å². The highest BCUT2D eigenvalue weighted by Gasteiger charge is 2.14. The van der Waals surface area contributed by atoms with Crippen LogP contribution in [0.5, 0.6) is 0 Å². The molecule has 0 saturated carbocycles. The van der Waals surface area contributed by atoms with Gasteiger partial charge in [0, 0.05) is 24.7 Å². The maximum absolute atomic E-state index is 12.7. The number of anilines is 1. The van der Waals surface area contributed by atoms with Crippen molar-refractivity contribution >= 4 is 33.7 Å². The van der Waals surface area contributed by atoms with Gasteiger partial charge in [-0.2, -0.15) is 5.10 Å².